The van der Waals surface area contributed by atoms with Crippen LogP contribution in [0.15, 0.2) is 24.3 Å². The minimum atomic E-state index is 0.796. The molecule has 1 heterocycles. The number of fused-ring (bicyclic) bond motifs is 1. The van der Waals surface area contributed by atoms with Crippen molar-refractivity contribution in [1.82, 2.24) is 0 Å². The van der Waals surface area contributed by atoms with Crippen LogP contribution < -0.4 is 0 Å². The van der Waals surface area contributed by atoms with E-state index in [1.165, 1.54) is 15.0 Å². The quantitative estimate of drug-likeness (QED) is 0.730. The van der Waals surface area contributed by atoms with Crippen molar-refractivity contribution in [2.24, 2.45) is 0 Å². The molecule has 0 aliphatic carbocycles. The highest BCUT2D eigenvalue weighted by Gasteiger charge is 2.08. The Bertz CT molecular complexity index is 450. The van der Waals surface area contributed by atoms with Crippen molar-refractivity contribution in [3.8, 4) is 0 Å². The van der Waals surface area contributed by atoms with E-state index in [0.29, 0.717) is 0 Å². The van der Waals surface area contributed by atoms with Crippen LogP contribution >= 0.6 is 22.9 Å². The largest absolute Gasteiger partial charge is 0.385 e. The molecule has 0 bridgehead atoms. The zero-order valence-electron chi connectivity index (χ0n) is 8.63. The fourth-order valence-electron chi connectivity index (χ4n) is 1.60. The Labute approximate surface area is 98.6 Å². The van der Waals surface area contributed by atoms with E-state index in [1.54, 1.807) is 18.4 Å². The fourth-order valence-corrected chi connectivity index (χ4v) is 3.17. The van der Waals surface area contributed by atoms with Crippen LogP contribution in [0, 0.1) is 0 Å². The average Bonchev–Trinajstić information content (AvgIpc) is 2.57. The first-order valence-electron chi connectivity index (χ1n) is 4.98. The van der Waals surface area contributed by atoms with Crippen molar-refractivity contribution in [1.29, 1.82) is 0 Å². The van der Waals surface area contributed by atoms with Gasteiger partial charge in [0, 0.05) is 28.7 Å². The Morgan fingerprint density at radius 2 is 2.13 bits per heavy atom. The summed E-state index contributed by atoms with van der Waals surface area (Å²) in [4.78, 5) is 1.27. The summed E-state index contributed by atoms with van der Waals surface area (Å²) in [7, 11) is 1.73. The molecule has 0 amide bonds. The number of rotatable bonds is 4. The summed E-state index contributed by atoms with van der Waals surface area (Å²) in [5.74, 6) is 0. The molecule has 0 spiro atoms. The summed E-state index contributed by atoms with van der Waals surface area (Å²) in [6.07, 6.45) is 2.04. The van der Waals surface area contributed by atoms with Gasteiger partial charge in [-0.25, -0.2) is 0 Å². The third kappa shape index (κ3) is 2.33. The summed E-state index contributed by atoms with van der Waals surface area (Å²) in [5, 5.41) is 2.10. The minimum absolute atomic E-state index is 0.796. The van der Waals surface area contributed by atoms with Crippen LogP contribution in [0.5, 0.6) is 0 Å². The van der Waals surface area contributed by atoms with E-state index in [-0.39, 0.29) is 0 Å². The standard InChI is InChI=1S/C12H13ClOS/c1-14-8-4-7-11-12(13)9-5-2-3-6-10(9)15-11/h2-3,5-6H,4,7-8H2,1H3. The fraction of sp³-hybridized carbons (Fsp3) is 0.333. The Morgan fingerprint density at radius 3 is 2.87 bits per heavy atom. The molecule has 0 N–H and O–H groups in total. The van der Waals surface area contributed by atoms with Gasteiger partial charge in [-0.1, -0.05) is 29.8 Å². The number of aryl methyl sites for hydroxylation is 1. The third-order valence-electron chi connectivity index (χ3n) is 2.35. The van der Waals surface area contributed by atoms with E-state index in [1.807, 2.05) is 12.1 Å². The molecular weight excluding hydrogens is 228 g/mol. The first-order chi connectivity index (χ1) is 7.33. The van der Waals surface area contributed by atoms with Crippen molar-refractivity contribution in [2.75, 3.05) is 13.7 Å². The number of benzene rings is 1. The maximum absolute atomic E-state index is 6.31. The van der Waals surface area contributed by atoms with Gasteiger partial charge < -0.3 is 4.74 Å². The van der Waals surface area contributed by atoms with Gasteiger partial charge in [-0.2, -0.15) is 0 Å². The van der Waals surface area contributed by atoms with Gasteiger partial charge in [-0.3, -0.25) is 0 Å². The van der Waals surface area contributed by atoms with Gasteiger partial charge in [-0.15, -0.1) is 11.3 Å². The molecule has 0 saturated heterocycles. The molecule has 1 nitrogen and oxygen atoms in total. The number of methoxy groups -OCH3 is 1. The average molecular weight is 241 g/mol. The van der Waals surface area contributed by atoms with Crippen molar-refractivity contribution < 1.29 is 4.74 Å². The number of halogens is 1. The second-order valence-electron chi connectivity index (χ2n) is 3.43. The van der Waals surface area contributed by atoms with Gasteiger partial charge in [0.05, 0.1) is 5.02 Å². The molecule has 15 heavy (non-hydrogen) atoms. The van der Waals surface area contributed by atoms with Gasteiger partial charge in [0.25, 0.3) is 0 Å². The van der Waals surface area contributed by atoms with Crippen LogP contribution in [0.3, 0.4) is 0 Å². The SMILES string of the molecule is COCCCc1sc2ccccc2c1Cl. The van der Waals surface area contributed by atoms with Crippen molar-refractivity contribution >= 4 is 33.0 Å². The predicted octanol–water partition coefficient (Wildman–Crippen LogP) is 4.13. The lowest BCUT2D eigenvalue weighted by molar-refractivity contribution is 0.195. The Morgan fingerprint density at radius 1 is 1.33 bits per heavy atom. The van der Waals surface area contributed by atoms with Crippen LogP contribution in [0.1, 0.15) is 11.3 Å². The normalized spacial score (nSPS) is 11.1. The van der Waals surface area contributed by atoms with Gasteiger partial charge in [0.1, 0.15) is 0 Å². The molecule has 0 aliphatic heterocycles. The Kier molecular flexibility index (Phi) is 3.62. The summed E-state index contributed by atoms with van der Waals surface area (Å²) in [6, 6.07) is 8.27. The first-order valence-corrected chi connectivity index (χ1v) is 6.17. The molecule has 0 unspecified atom stereocenters. The summed E-state index contributed by atoms with van der Waals surface area (Å²) < 4.78 is 6.31. The lowest BCUT2D eigenvalue weighted by Gasteiger charge is -1.97. The van der Waals surface area contributed by atoms with E-state index in [9.17, 15) is 0 Å². The monoisotopic (exact) mass is 240 g/mol. The molecule has 0 atom stereocenters. The van der Waals surface area contributed by atoms with Crippen LogP contribution in [0.4, 0.5) is 0 Å². The minimum Gasteiger partial charge on any atom is -0.385 e. The lowest BCUT2D eigenvalue weighted by atomic mass is 10.2. The summed E-state index contributed by atoms with van der Waals surface area (Å²) in [6.45, 7) is 0.796. The van der Waals surface area contributed by atoms with Gasteiger partial charge in [-0.05, 0) is 18.9 Å². The third-order valence-corrected chi connectivity index (χ3v) is 4.13. The highest BCUT2D eigenvalue weighted by atomic mass is 35.5. The van der Waals surface area contributed by atoms with E-state index in [2.05, 4.69) is 12.1 Å². The smallest absolute Gasteiger partial charge is 0.0623 e. The highest BCUT2D eigenvalue weighted by Crippen LogP contribution is 2.35. The van der Waals surface area contributed by atoms with E-state index in [0.717, 1.165) is 24.5 Å². The molecule has 3 heteroatoms. The van der Waals surface area contributed by atoms with Crippen LogP contribution in [-0.4, -0.2) is 13.7 Å². The zero-order valence-corrected chi connectivity index (χ0v) is 10.2. The molecule has 0 radical (unpaired) electrons. The molecule has 2 rings (SSSR count). The van der Waals surface area contributed by atoms with Crippen LogP contribution in [0.2, 0.25) is 5.02 Å². The molecule has 0 aliphatic rings. The molecular formula is C12H13ClOS. The van der Waals surface area contributed by atoms with Crippen LogP contribution in [-0.2, 0) is 11.2 Å². The Balaban J connectivity index is 2.24. The van der Waals surface area contributed by atoms with Crippen molar-refractivity contribution in [3.05, 3.63) is 34.2 Å². The van der Waals surface area contributed by atoms with E-state index in [4.69, 9.17) is 16.3 Å². The van der Waals surface area contributed by atoms with E-state index >= 15 is 0 Å². The maximum Gasteiger partial charge on any atom is 0.0623 e. The Hall–Kier alpha value is -0.570. The molecule has 0 fully saturated rings. The van der Waals surface area contributed by atoms with Gasteiger partial charge in [0.2, 0.25) is 0 Å². The second-order valence-corrected chi connectivity index (χ2v) is 4.95. The molecule has 2 aromatic rings. The highest BCUT2D eigenvalue weighted by molar-refractivity contribution is 7.19. The summed E-state index contributed by atoms with van der Waals surface area (Å²) >= 11 is 8.09. The van der Waals surface area contributed by atoms with Crippen LogP contribution in [0.25, 0.3) is 10.1 Å². The van der Waals surface area contributed by atoms with Crippen molar-refractivity contribution in [2.45, 2.75) is 12.8 Å². The first kappa shape index (κ1) is 10.9. The number of hydrogen-bond acceptors (Lipinski definition) is 2. The second kappa shape index (κ2) is 4.97. The number of hydrogen-bond donors (Lipinski definition) is 0. The predicted molar refractivity (Wildman–Crippen MR) is 67.0 cm³/mol. The molecule has 80 valence electrons. The van der Waals surface area contributed by atoms with Crippen molar-refractivity contribution in [3.63, 3.8) is 0 Å². The number of ether oxygens (including phenoxy) is 1. The van der Waals surface area contributed by atoms with Gasteiger partial charge in [0.15, 0.2) is 0 Å². The lowest BCUT2D eigenvalue weighted by Crippen LogP contribution is -1.90. The number of thiophene rings is 1. The topological polar surface area (TPSA) is 9.23 Å². The molecule has 1 aromatic heterocycles. The van der Waals surface area contributed by atoms with Gasteiger partial charge >= 0.3 is 0 Å². The molecule has 1 aromatic carbocycles. The molecule has 0 saturated carbocycles. The van der Waals surface area contributed by atoms with E-state index < -0.39 is 0 Å². The maximum atomic E-state index is 6.31. The summed E-state index contributed by atoms with van der Waals surface area (Å²) in [5.41, 5.74) is 0. The zero-order chi connectivity index (χ0) is 10.7.